The Bertz CT molecular complexity index is 1010. The number of aromatic amines is 1. The molecule has 0 saturated heterocycles. The molecule has 3 rings (SSSR count). The number of hydrogen-bond acceptors (Lipinski definition) is 3. The van der Waals surface area contributed by atoms with Crippen molar-refractivity contribution in [3.05, 3.63) is 74.7 Å². The van der Waals surface area contributed by atoms with Gasteiger partial charge in [0.2, 0.25) is 0 Å². The van der Waals surface area contributed by atoms with Crippen LogP contribution < -0.4 is 5.56 Å². The van der Waals surface area contributed by atoms with Gasteiger partial charge in [-0.25, -0.2) is 13.9 Å². The van der Waals surface area contributed by atoms with Crippen LogP contribution in [0.15, 0.2) is 41.2 Å². The van der Waals surface area contributed by atoms with E-state index in [4.69, 9.17) is 11.6 Å². The molecular weight excluding hydrogens is 362 g/mol. The second-order valence-electron chi connectivity index (χ2n) is 5.93. The Balaban J connectivity index is 2.35. The number of aliphatic hydroxyl groups excluding tert-OH is 1. The number of hydrogen-bond donors (Lipinski definition) is 2. The molecule has 1 heterocycles. The van der Waals surface area contributed by atoms with Crippen molar-refractivity contribution >= 4 is 11.6 Å². The van der Waals surface area contributed by atoms with E-state index in [1.54, 1.807) is 31.2 Å². The summed E-state index contributed by atoms with van der Waals surface area (Å²) in [6, 6.07) is 8.56. The van der Waals surface area contributed by atoms with Crippen LogP contribution in [-0.2, 0) is 0 Å². The number of aromatic nitrogens is 2. The summed E-state index contributed by atoms with van der Waals surface area (Å²) in [6.45, 7) is 3.03. The summed E-state index contributed by atoms with van der Waals surface area (Å²) in [5, 5.41) is 16.2. The lowest BCUT2D eigenvalue weighted by Gasteiger charge is -2.14. The number of benzene rings is 2. The molecule has 0 aliphatic rings. The zero-order valence-electron chi connectivity index (χ0n) is 14.0. The molecule has 2 N–H and O–H groups in total. The lowest BCUT2D eigenvalue weighted by molar-refractivity contribution is 0.198. The molecule has 0 amide bonds. The topological polar surface area (TPSA) is 66.0 Å². The van der Waals surface area contributed by atoms with Crippen molar-refractivity contribution in [3.8, 4) is 22.3 Å². The summed E-state index contributed by atoms with van der Waals surface area (Å²) in [5.41, 5.74) is 0.00690. The highest BCUT2D eigenvalue weighted by molar-refractivity contribution is 6.30. The van der Waals surface area contributed by atoms with Crippen LogP contribution in [-0.4, -0.2) is 15.3 Å². The molecular formula is C19H15ClF2N2O2. The Hall–Kier alpha value is -2.57. The van der Waals surface area contributed by atoms with Crippen LogP contribution >= 0.6 is 11.6 Å². The largest absolute Gasteiger partial charge is 0.389 e. The van der Waals surface area contributed by atoms with Crippen molar-refractivity contribution in [2.75, 3.05) is 0 Å². The minimum absolute atomic E-state index is 0.0824. The number of aliphatic hydroxyl groups is 1. The number of halogens is 3. The highest BCUT2D eigenvalue weighted by atomic mass is 35.5. The predicted octanol–water partition coefficient (Wildman–Crippen LogP) is 4.40. The molecule has 3 aromatic rings. The Labute approximate surface area is 153 Å². The van der Waals surface area contributed by atoms with Gasteiger partial charge < -0.3 is 5.11 Å². The summed E-state index contributed by atoms with van der Waals surface area (Å²) in [7, 11) is 0. The number of H-pyrrole nitrogens is 1. The van der Waals surface area contributed by atoms with Gasteiger partial charge in [-0.3, -0.25) is 4.79 Å². The molecule has 0 radical (unpaired) electrons. The van der Waals surface area contributed by atoms with Crippen LogP contribution in [0.25, 0.3) is 22.3 Å². The summed E-state index contributed by atoms with van der Waals surface area (Å²) < 4.78 is 29.4. The maximum atomic E-state index is 14.7. The minimum atomic E-state index is -1.04. The summed E-state index contributed by atoms with van der Waals surface area (Å²) in [5.74, 6) is -1.88. The predicted molar refractivity (Wildman–Crippen MR) is 96.0 cm³/mol. The maximum Gasteiger partial charge on any atom is 0.272 e. The third-order valence-electron chi connectivity index (χ3n) is 4.09. The van der Waals surface area contributed by atoms with Gasteiger partial charge >= 0.3 is 0 Å². The molecule has 0 fully saturated rings. The highest BCUT2D eigenvalue weighted by Gasteiger charge is 2.23. The van der Waals surface area contributed by atoms with Crippen molar-refractivity contribution < 1.29 is 13.9 Å². The fraction of sp³-hybridized carbons (Fsp3) is 0.158. The lowest BCUT2D eigenvalue weighted by Crippen LogP contribution is -2.16. The van der Waals surface area contributed by atoms with Crippen molar-refractivity contribution in [1.29, 1.82) is 0 Å². The van der Waals surface area contributed by atoms with E-state index in [0.29, 0.717) is 21.8 Å². The molecule has 4 nitrogen and oxygen atoms in total. The molecule has 0 aliphatic heterocycles. The molecule has 1 atom stereocenters. The average molecular weight is 377 g/mol. The first kappa shape index (κ1) is 18.2. The normalized spacial score (nSPS) is 12.2. The van der Waals surface area contributed by atoms with E-state index >= 15 is 0 Å². The zero-order chi connectivity index (χ0) is 19.0. The first-order valence-corrected chi connectivity index (χ1v) is 8.20. The molecule has 1 aromatic heterocycles. The van der Waals surface area contributed by atoms with Gasteiger partial charge in [-0.05, 0) is 49.2 Å². The first-order valence-electron chi connectivity index (χ1n) is 7.82. The molecule has 0 saturated carbocycles. The van der Waals surface area contributed by atoms with Gasteiger partial charge in [-0.15, -0.1) is 0 Å². The Kier molecular flexibility index (Phi) is 4.89. The Morgan fingerprint density at radius 2 is 1.65 bits per heavy atom. The van der Waals surface area contributed by atoms with Crippen molar-refractivity contribution in [2.24, 2.45) is 0 Å². The third-order valence-corrected chi connectivity index (χ3v) is 4.35. The SMILES string of the molecule is Cc1n[nH]c(=O)c(-c2c(F)cc(C(C)O)cc2F)c1-c1ccc(Cl)cc1. The molecule has 134 valence electrons. The Morgan fingerprint density at radius 3 is 2.19 bits per heavy atom. The van der Waals surface area contributed by atoms with Gasteiger partial charge in [-0.2, -0.15) is 5.10 Å². The maximum absolute atomic E-state index is 14.7. The van der Waals surface area contributed by atoms with Crippen LogP contribution in [0.2, 0.25) is 5.02 Å². The minimum Gasteiger partial charge on any atom is -0.389 e. The molecule has 0 bridgehead atoms. The third kappa shape index (κ3) is 3.25. The van der Waals surface area contributed by atoms with E-state index in [9.17, 15) is 18.7 Å². The van der Waals surface area contributed by atoms with Crippen LogP contribution in [0, 0.1) is 18.6 Å². The van der Waals surface area contributed by atoms with Gasteiger partial charge in [0.15, 0.2) is 0 Å². The van der Waals surface area contributed by atoms with E-state index in [1.165, 1.54) is 6.92 Å². The van der Waals surface area contributed by atoms with E-state index in [2.05, 4.69) is 10.2 Å². The number of rotatable bonds is 3. The monoisotopic (exact) mass is 376 g/mol. The lowest BCUT2D eigenvalue weighted by atomic mass is 9.93. The number of aryl methyl sites for hydroxylation is 1. The van der Waals surface area contributed by atoms with Crippen molar-refractivity contribution in [3.63, 3.8) is 0 Å². The van der Waals surface area contributed by atoms with E-state index in [-0.39, 0.29) is 11.1 Å². The van der Waals surface area contributed by atoms with Crippen molar-refractivity contribution in [2.45, 2.75) is 20.0 Å². The summed E-state index contributed by atoms with van der Waals surface area (Å²) >= 11 is 5.90. The number of nitrogens with zero attached hydrogens (tertiary/aromatic N) is 1. The fourth-order valence-electron chi connectivity index (χ4n) is 2.82. The van der Waals surface area contributed by atoms with E-state index in [0.717, 1.165) is 12.1 Å². The Morgan fingerprint density at radius 1 is 1.08 bits per heavy atom. The molecule has 1 unspecified atom stereocenters. The molecule has 0 spiro atoms. The van der Waals surface area contributed by atoms with Gasteiger partial charge in [0.05, 0.1) is 22.9 Å². The second-order valence-corrected chi connectivity index (χ2v) is 6.37. The smallest absolute Gasteiger partial charge is 0.272 e. The number of nitrogens with one attached hydrogen (secondary N) is 1. The fourth-order valence-corrected chi connectivity index (χ4v) is 2.95. The van der Waals surface area contributed by atoms with Crippen LogP contribution in [0.1, 0.15) is 24.3 Å². The standard InChI is InChI=1S/C19H15ClF2N2O2/c1-9-16(11-3-5-13(20)6-4-11)18(19(26)24-23-9)17-14(21)7-12(10(2)25)8-15(17)22/h3-8,10,25H,1-2H3,(H,24,26). The van der Waals surface area contributed by atoms with Crippen LogP contribution in [0.3, 0.4) is 0 Å². The van der Waals surface area contributed by atoms with Gasteiger partial charge in [0, 0.05) is 10.6 Å². The molecule has 0 aliphatic carbocycles. The quantitative estimate of drug-likeness (QED) is 0.712. The molecule has 2 aromatic carbocycles. The van der Waals surface area contributed by atoms with Gasteiger partial charge in [0.1, 0.15) is 11.6 Å². The van der Waals surface area contributed by atoms with E-state index < -0.39 is 28.9 Å². The average Bonchev–Trinajstić information content (AvgIpc) is 2.58. The van der Waals surface area contributed by atoms with Crippen LogP contribution in [0.4, 0.5) is 8.78 Å². The highest BCUT2D eigenvalue weighted by Crippen LogP contribution is 2.35. The van der Waals surface area contributed by atoms with Gasteiger partial charge in [-0.1, -0.05) is 23.7 Å². The van der Waals surface area contributed by atoms with Crippen molar-refractivity contribution in [1.82, 2.24) is 10.2 Å². The van der Waals surface area contributed by atoms with Crippen LogP contribution in [0.5, 0.6) is 0 Å². The van der Waals surface area contributed by atoms with Gasteiger partial charge in [0.25, 0.3) is 5.56 Å². The second kappa shape index (κ2) is 6.97. The summed E-state index contributed by atoms with van der Waals surface area (Å²) in [6.07, 6.45) is -1.04. The van der Waals surface area contributed by atoms with E-state index in [1.807, 2.05) is 0 Å². The molecule has 7 heteroatoms. The molecule has 26 heavy (non-hydrogen) atoms. The zero-order valence-corrected chi connectivity index (χ0v) is 14.7. The summed E-state index contributed by atoms with van der Waals surface area (Å²) in [4.78, 5) is 12.4. The first-order chi connectivity index (χ1) is 12.3.